The number of aryl methyl sites for hydroxylation is 1. The summed E-state index contributed by atoms with van der Waals surface area (Å²) in [7, 11) is -3.32. The van der Waals surface area contributed by atoms with Crippen molar-refractivity contribution >= 4 is 33.2 Å². The van der Waals surface area contributed by atoms with E-state index in [0.717, 1.165) is 10.8 Å². The molecule has 2 N–H and O–H groups in total. The van der Waals surface area contributed by atoms with Crippen molar-refractivity contribution in [2.45, 2.75) is 29.7 Å². The number of nitrogens with zero attached hydrogens (tertiary/aromatic N) is 2. The fourth-order valence-corrected chi connectivity index (χ4v) is 4.18. The molecule has 0 aliphatic heterocycles. The Morgan fingerprint density at radius 3 is 2.70 bits per heavy atom. The quantitative estimate of drug-likeness (QED) is 0.724. The van der Waals surface area contributed by atoms with Gasteiger partial charge in [0.05, 0.1) is 6.04 Å². The number of aromatic nitrogens is 2. The van der Waals surface area contributed by atoms with E-state index in [0.29, 0.717) is 0 Å². The van der Waals surface area contributed by atoms with Crippen LogP contribution in [0.4, 0.5) is 18.9 Å². The number of carbonyl (C=O) groups excluding carboxylic acids is 1. The van der Waals surface area contributed by atoms with Crippen LogP contribution in [0.25, 0.3) is 0 Å². The minimum atomic E-state index is -4.57. The van der Waals surface area contributed by atoms with Crippen LogP contribution in [0.2, 0.25) is 5.15 Å². The van der Waals surface area contributed by atoms with Crippen molar-refractivity contribution in [2.24, 2.45) is 7.05 Å². The highest BCUT2D eigenvalue weighted by Crippen LogP contribution is 2.38. The normalized spacial score (nSPS) is 18.8. The summed E-state index contributed by atoms with van der Waals surface area (Å²) in [5, 5.41) is 2.45. The van der Waals surface area contributed by atoms with E-state index in [1.165, 1.54) is 25.4 Å². The summed E-state index contributed by atoms with van der Waals surface area (Å²) >= 11 is 5.70. The lowest BCUT2D eigenvalue weighted by Gasteiger charge is -2.36. The van der Waals surface area contributed by atoms with Gasteiger partial charge in [0, 0.05) is 31.5 Å². The van der Waals surface area contributed by atoms with Gasteiger partial charge in [-0.1, -0.05) is 11.6 Å². The molecule has 0 aromatic carbocycles. The Labute approximate surface area is 157 Å². The SMILES string of the molecule is Cn1cc(S(=O)(=O)NC2CCC2(F)F)c(F)c1C(=O)Nc1ccnc(Cl)c1. The molecule has 7 nitrogen and oxygen atoms in total. The minimum absolute atomic E-state index is 0.0587. The lowest BCUT2D eigenvalue weighted by molar-refractivity contribution is -0.0979. The Hall–Kier alpha value is -2.11. The third-order valence-electron chi connectivity index (χ3n) is 4.15. The average Bonchev–Trinajstić information content (AvgIpc) is 2.87. The molecule has 0 saturated heterocycles. The first-order chi connectivity index (χ1) is 12.5. The summed E-state index contributed by atoms with van der Waals surface area (Å²) < 4.78 is 68.6. The smallest absolute Gasteiger partial charge is 0.275 e. The zero-order valence-electron chi connectivity index (χ0n) is 13.8. The lowest BCUT2D eigenvalue weighted by atomic mass is 9.89. The van der Waals surface area contributed by atoms with Crippen LogP contribution >= 0.6 is 11.6 Å². The number of amides is 1. The number of hydrogen-bond acceptors (Lipinski definition) is 4. The van der Waals surface area contributed by atoms with Gasteiger partial charge in [-0.25, -0.2) is 31.3 Å². The van der Waals surface area contributed by atoms with E-state index in [9.17, 15) is 26.4 Å². The molecule has 1 amide bonds. The van der Waals surface area contributed by atoms with Gasteiger partial charge in [-0.3, -0.25) is 4.79 Å². The summed E-state index contributed by atoms with van der Waals surface area (Å²) in [6, 6.07) is 1.12. The van der Waals surface area contributed by atoms with Gasteiger partial charge in [0.15, 0.2) is 5.82 Å². The molecule has 2 aromatic rings. The maximum Gasteiger partial charge on any atom is 0.275 e. The van der Waals surface area contributed by atoms with Crippen molar-refractivity contribution in [1.82, 2.24) is 14.3 Å². The molecule has 1 aliphatic carbocycles. The molecule has 3 rings (SSSR count). The second-order valence-corrected chi connectivity index (χ2v) is 8.13. The van der Waals surface area contributed by atoms with E-state index in [1.807, 2.05) is 0 Å². The molecule has 1 atom stereocenters. The first-order valence-corrected chi connectivity index (χ1v) is 9.55. The Kier molecular flexibility index (Phi) is 4.95. The van der Waals surface area contributed by atoms with Crippen LogP contribution in [0.5, 0.6) is 0 Å². The molecule has 1 unspecified atom stereocenters. The zero-order valence-corrected chi connectivity index (χ0v) is 15.4. The Morgan fingerprint density at radius 2 is 2.15 bits per heavy atom. The highest BCUT2D eigenvalue weighted by Gasteiger charge is 2.50. The standard InChI is InChI=1S/C15H14ClF3N4O3S/c1-23-7-9(27(25,26)22-10-2-4-15(10,18)19)12(17)13(23)14(24)21-8-3-5-20-11(16)6-8/h3,5-7,10,22H,2,4H2,1H3,(H,20,21,24). The van der Waals surface area contributed by atoms with E-state index >= 15 is 0 Å². The minimum Gasteiger partial charge on any atom is -0.343 e. The van der Waals surface area contributed by atoms with E-state index in [2.05, 4.69) is 10.3 Å². The molecule has 0 spiro atoms. The molecule has 2 aromatic heterocycles. The molecule has 1 fully saturated rings. The van der Waals surface area contributed by atoms with Gasteiger partial charge in [0.25, 0.3) is 11.8 Å². The number of sulfonamides is 1. The van der Waals surface area contributed by atoms with Gasteiger partial charge in [-0.05, 0) is 18.6 Å². The molecule has 12 heteroatoms. The van der Waals surface area contributed by atoms with Crippen molar-refractivity contribution in [1.29, 1.82) is 0 Å². The Bertz CT molecular complexity index is 1010. The number of carbonyl (C=O) groups is 1. The number of rotatable bonds is 5. The van der Waals surface area contributed by atoms with E-state index in [4.69, 9.17) is 11.6 Å². The highest BCUT2D eigenvalue weighted by atomic mass is 35.5. The summed E-state index contributed by atoms with van der Waals surface area (Å²) in [5.41, 5.74) is -0.360. The number of pyridine rings is 1. The maximum absolute atomic E-state index is 14.7. The predicted molar refractivity (Wildman–Crippen MR) is 90.9 cm³/mol. The van der Waals surface area contributed by atoms with Crippen LogP contribution in [-0.4, -0.2) is 35.8 Å². The van der Waals surface area contributed by atoms with Gasteiger partial charge in [0.1, 0.15) is 15.7 Å². The third-order valence-corrected chi connectivity index (χ3v) is 5.82. The van der Waals surface area contributed by atoms with E-state index in [-0.39, 0.29) is 17.3 Å². The van der Waals surface area contributed by atoms with Gasteiger partial charge in [-0.15, -0.1) is 0 Å². The molecule has 2 heterocycles. The first-order valence-electron chi connectivity index (χ1n) is 7.69. The summed E-state index contributed by atoms with van der Waals surface area (Å²) in [5.74, 6) is -5.46. The van der Waals surface area contributed by atoms with Crippen LogP contribution in [0.15, 0.2) is 29.4 Å². The molecular formula is C15H14ClF3N4O3S. The Morgan fingerprint density at radius 1 is 1.44 bits per heavy atom. The molecular weight excluding hydrogens is 409 g/mol. The maximum atomic E-state index is 14.7. The fourth-order valence-electron chi connectivity index (χ4n) is 2.59. The Balaban J connectivity index is 1.87. The molecule has 1 aliphatic rings. The van der Waals surface area contributed by atoms with Crippen LogP contribution < -0.4 is 10.0 Å². The molecule has 1 saturated carbocycles. The zero-order chi connectivity index (χ0) is 20.0. The van der Waals surface area contributed by atoms with Crippen molar-refractivity contribution in [2.75, 3.05) is 5.32 Å². The van der Waals surface area contributed by atoms with Gasteiger partial charge < -0.3 is 9.88 Å². The second kappa shape index (κ2) is 6.80. The fraction of sp³-hybridized carbons (Fsp3) is 0.333. The summed E-state index contributed by atoms with van der Waals surface area (Å²) in [6.45, 7) is 0. The topological polar surface area (TPSA) is 93.1 Å². The molecule has 146 valence electrons. The van der Waals surface area contributed by atoms with Crippen molar-refractivity contribution in [3.05, 3.63) is 41.2 Å². The van der Waals surface area contributed by atoms with Crippen molar-refractivity contribution < 1.29 is 26.4 Å². The van der Waals surface area contributed by atoms with E-state index < -0.39 is 50.7 Å². The van der Waals surface area contributed by atoms with Crippen LogP contribution in [0.3, 0.4) is 0 Å². The summed E-state index contributed by atoms with van der Waals surface area (Å²) in [6.07, 6.45) is 1.66. The van der Waals surface area contributed by atoms with Crippen molar-refractivity contribution in [3.63, 3.8) is 0 Å². The monoisotopic (exact) mass is 422 g/mol. The number of nitrogens with one attached hydrogen (secondary N) is 2. The molecule has 0 bridgehead atoms. The number of halogens is 4. The van der Waals surface area contributed by atoms with E-state index in [1.54, 1.807) is 4.72 Å². The van der Waals surface area contributed by atoms with Crippen LogP contribution in [0, 0.1) is 5.82 Å². The van der Waals surface area contributed by atoms with Gasteiger partial charge in [0.2, 0.25) is 10.0 Å². The first kappa shape index (κ1) is 19.6. The second-order valence-electron chi connectivity index (χ2n) is 6.06. The van der Waals surface area contributed by atoms with Crippen LogP contribution in [-0.2, 0) is 17.1 Å². The lowest BCUT2D eigenvalue weighted by Crippen LogP contribution is -2.54. The largest absolute Gasteiger partial charge is 0.343 e. The number of alkyl halides is 2. The molecule has 0 radical (unpaired) electrons. The average molecular weight is 423 g/mol. The molecule has 27 heavy (non-hydrogen) atoms. The number of anilines is 1. The van der Waals surface area contributed by atoms with Crippen molar-refractivity contribution in [3.8, 4) is 0 Å². The summed E-state index contributed by atoms with van der Waals surface area (Å²) in [4.78, 5) is 15.2. The number of hydrogen-bond donors (Lipinski definition) is 2. The van der Waals surface area contributed by atoms with Gasteiger partial charge in [-0.2, -0.15) is 0 Å². The predicted octanol–water partition coefficient (Wildman–Crippen LogP) is 2.54. The highest BCUT2D eigenvalue weighted by molar-refractivity contribution is 7.89. The van der Waals surface area contributed by atoms with Crippen LogP contribution in [0.1, 0.15) is 23.3 Å². The van der Waals surface area contributed by atoms with Gasteiger partial charge >= 0.3 is 0 Å². The third kappa shape index (κ3) is 3.80.